The number of carbonyl (C=O) groups is 1. The molecule has 2 heterocycles. The number of hydrazine groups is 1. The number of amides is 1. The Hall–Kier alpha value is -2.54. The average Bonchev–Trinajstić information content (AvgIpc) is 2.40. The third-order valence-electron chi connectivity index (χ3n) is 1.99. The molecule has 0 fully saturated rings. The summed E-state index contributed by atoms with van der Waals surface area (Å²) in [6.45, 7) is 0. The lowest BCUT2D eigenvalue weighted by molar-refractivity contribution is 0.102. The van der Waals surface area contributed by atoms with Gasteiger partial charge in [-0.3, -0.25) is 9.78 Å². The molecule has 0 saturated carbocycles. The van der Waals surface area contributed by atoms with Crippen molar-refractivity contribution in [3.05, 3.63) is 42.5 Å². The molecule has 0 aliphatic rings. The van der Waals surface area contributed by atoms with E-state index in [1.165, 1.54) is 24.8 Å². The van der Waals surface area contributed by atoms with Crippen LogP contribution in [0.2, 0.25) is 0 Å². The van der Waals surface area contributed by atoms with Crippen LogP contribution >= 0.6 is 0 Å². The third-order valence-corrected chi connectivity index (χ3v) is 1.99. The Balaban J connectivity index is 2.20. The van der Waals surface area contributed by atoms with Crippen LogP contribution in [0.15, 0.2) is 36.9 Å². The van der Waals surface area contributed by atoms with Gasteiger partial charge in [-0.25, -0.2) is 15.8 Å². The van der Waals surface area contributed by atoms with Crippen molar-refractivity contribution in [1.82, 2.24) is 15.0 Å². The van der Waals surface area contributed by atoms with E-state index in [0.29, 0.717) is 17.2 Å². The van der Waals surface area contributed by atoms with Crippen molar-refractivity contribution < 1.29 is 4.79 Å². The van der Waals surface area contributed by atoms with Crippen LogP contribution in [0.3, 0.4) is 0 Å². The molecule has 17 heavy (non-hydrogen) atoms. The van der Waals surface area contributed by atoms with Crippen LogP contribution in [-0.2, 0) is 0 Å². The molecule has 0 bridgehead atoms. The largest absolute Gasteiger partial charge is 0.308 e. The topological polar surface area (TPSA) is 106 Å². The highest BCUT2D eigenvalue weighted by atomic mass is 16.1. The lowest BCUT2D eigenvalue weighted by Crippen LogP contribution is -2.18. The minimum atomic E-state index is -0.355. The fourth-order valence-electron chi connectivity index (χ4n) is 1.25. The Bertz CT molecular complexity index is 515. The van der Waals surface area contributed by atoms with E-state index in [-0.39, 0.29) is 5.91 Å². The summed E-state index contributed by atoms with van der Waals surface area (Å²) >= 11 is 0. The maximum Gasteiger partial charge on any atom is 0.260 e. The molecular weight excluding hydrogens is 220 g/mol. The average molecular weight is 230 g/mol. The van der Waals surface area contributed by atoms with Gasteiger partial charge in [0.25, 0.3) is 5.91 Å². The molecule has 0 spiro atoms. The number of nitrogen functional groups attached to an aromatic ring is 1. The summed E-state index contributed by atoms with van der Waals surface area (Å²) in [7, 11) is 0. The van der Waals surface area contributed by atoms with Gasteiger partial charge in [0.1, 0.15) is 0 Å². The van der Waals surface area contributed by atoms with Crippen LogP contribution in [0.4, 0.5) is 11.6 Å². The van der Waals surface area contributed by atoms with E-state index in [1.54, 1.807) is 12.1 Å². The van der Waals surface area contributed by atoms with Crippen molar-refractivity contribution in [3.8, 4) is 0 Å². The maximum atomic E-state index is 11.9. The van der Waals surface area contributed by atoms with Gasteiger partial charge in [0.2, 0.25) is 0 Å². The molecule has 0 saturated heterocycles. The maximum absolute atomic E-state index is 11.9. The van der Waals surface area contributed by atoms with Crippen molar-refractivity contribution in [2.24, 2.45) is 5.84 Å². The molecule has 0 radical (unpaired) electrons. The van der Waals surface area contributed by atoms with E-state index in [2.05, 4.69) is 25.7 Å². The minimum absolute atomic E-state index is 0.300. The fourth-order valence-corrected chi connectivity index (χ4v) is 1.25. The summed E-state index contributed by atoms with van der Waals surface area (Å²) in [5, 5.41) is 2.58. The van der Waals surface area contributed by atoms with Crippen molar-refractivity contribution in [3.63, 3.8) is 0 Å². The van der Waals surface area contributed by atoms with E-state index in [1.807, 2.05) is 0 Å². The van der Waals surface area contributed by atoms with Gasteiger partial charge in [-0.2, -0.15) is 0 Å². The van der Waals surface area contributed by atoms with Crippen molar-refractivity contribution in [2.75, 3.05) is 10.7 Å². The number of hydrogen-bond acceptors (Lipinski definition) is 6. The summed E-state index contributed by atoms with van der Waals surface area (Å²) in [6.07, 6.45) is 5.99. The molecule has 86 valence electrons. The number of nitrogens with zero attached hydrogens (tertiary/aromatic N) is 3. The first-order chi connectivity index (χ1) is 8.31. The standard InChI is InChI=1S/C10H10N6O/c11-16-9-7(2-1-3-14-9)10(17)15-8-6-12-4-5-13-8/h1-6H,11H2,(H,14,16)(H,13,15,17). The molecule has 2 aromatic rings. The molecule has 0 aliphatic heterocycles. The molecule has 1 amide bonds. The van der Waals surface area contributed by atoms with E-state index in [0.717, 1.165) is 0 Å². The Morgan fingerprint density at radius 2 is 2.12 bits per heavy atom. The molecule has 2 aromatic heterocycles. The zero-order valence-electron chi connectivity index (χ0n) is 8.79. The normalized spacial score (nSPS) is 9.71. The minimum Gasteiger partial charge on any atom is -0.308 e. The molecule has 7 nitrogen and oxygen atoms in total. The van der Waals surface area contributed by atoms with Gasteiger partial charge in [0.05, 0.1) is 11.8 Å². The molecule has 0 aliphatic carbocycles. The molecule has 2 rings (SSSR count). The lowest BCUT2D eigenvalue weighted by atomic mass is 10.2. The number of aromatic nitrogens is 3. The van der Waals surface area contributed by atoms with Gasteiger partial charge in [-0.15, -0.1) is 0 Å². The first-order valence-electron chi connectivity index (χ1n) is 4.80. The van der Waals surface area contributed by atoms with E-state index < -0.39 is 0 Å². The Labute approximate surface area is 97.1 Å². The van der Waals surface area contributed by atoms with Crippen LogP contribution in [0.25, 0.3) is 0 Å². The molecule has 4 N–H and O–H groups in total. The Morgan fingerprint density at radius 3 is 2.82 bits per heavy atom. The molecule has 0 aromatic carbocycles. The zero-order chi connectivity index (χ0) is 12.1. The summed E-state index contributed by atoms with van der Waals surface area (Å²) < 4.78 is 0. The second-order valence-corrected chi connectivity index (χ2v) is 3.09. The number of anilines is 2. The molecule has 0 unspecified atom stereocenters. The monoisotopic (exact) mass is 230 g/mol. The summed E-state index contributed by atoms with van der Waals surface area (Å²) in [5.41, 5.74) is 2.69. The van der Waals surface area contributed by atoms with E-state index in [9.17, 15) is 4.79 Å². The number of hydrogen-bond donors (Lipinski definition) is 3. The van der Waals surface area contributed by atoms with Crippen molar-refractivity contribution in [2.45, 2.75) is 0 Å². The Morgan fingerprint density at radius 1 is 1.24 bits per heavy atom. The van der Waals surface area contributed by atoms with Crippen molar-refractivity contribution >= 4 is 17.5 Å². The second kappa shape index (κ2) is 4.99. The third kappa shape index (κ3) is 2.52. The van der Waals surface area contributed by atoms with Crippen LogP contribution in [0.5, 0.6) is 0 Å². The van der Waals surface area contributed by atoms with Crippen molar-refractivity contribution in [1.29, 1.82) is 0 Å². The first kappa shape index (κ1) is 11.0. The highest BCUT2D eigenvalue weighted by Crippen LogP contribution is 2.11. The first-order valence-corrected chi connectivity index (χ1v) is 4.80. The number of pyridine rings is 1. The highest BCUT2D eigenvalue weighted by Gasteiger charge is 2.11. The van der Waals surface area contributed by atoms with Gasteiger partial charge in [-0.1, -0.05) is 0 Å². The van der Waals surface area contributed by atoms with Crippen LogP contribution in [0, 0.1) is 0 Å². The van der Waals surface area contributed by atoms with Crippen LogP contribution < -0.4 is 16.6 Å². The van der Waals surface area contributed by atoms with Crippen LogP contribution in [0.1, 0.15) is 10.4 Å². The second-order valence-electron chi connectivity index (χ2n) is 3.09. The van der Waals surface area contributed by atoms with Gasteiger partial charge < -0.3 is 10.7 Å². The number of carbonyl (C=O) groups excluding carboxylic acids is 1. The SMILES string of the molecule is NNc1ncccc1C(=O)Nc1cnccn1. The lowest BCUT2D eigenvalue weighted by Gasteiger charge is -2.07. The van der Waals surface area contributed by atoms with Gasteiger partial charge in [-0.05, 0) is 12.1 Å². The van der Waals surface area contributed by atoms with Crippen LogP contribution in [-0.4, -0.2) is 20.9 Å². The number of nitrogens with one attached hydrogen (secondary N) is 2. The number of nitrogens with two attached hydrogens (primary N) is 1. The summed E-state index contributed by atoms with van der Waals surface area (Å²) in [4.78, 5) is 23.6. The molecule has 0 atom stereocenters. The summed E-state index contributed by atoms with van der Waals surface area (Å²) in [5.74, 6) is 5.57. The predicted molar refractivity (Wildman–Crippen MR) is 62.0 cm³/mol. The fraction of sp³-hybridized carbons (Fsp3) is 0. The molecular formula is C10H10N6O. The highest BCUT2D eigenvalue weighted by molar-refractivity contribution is 6.06. The molecule has 7 heteroatoms. The zero-order valence-corrected chi connectivity index (χ0v) is 8.79. The quantitative estimate of drug-likeness (QED) is 0.521. The van der Waals surface area contributed by atoms with Gasteiger partial charge in [0, 0.05) is 18.6 Å². The predicted octanol–water partition coefficient (Wildman–Crippen LogP) is 0.409. The smallest absolute Gasteiger partial charge is 0.260 e. The summed E-state index contributed by atoms with van der Waals surface area (Å²) in [6, 6.07) is 3.25. The van der Waals surface area contributed by atoms with E-state index >= 15 is 0 Å². The van der Waals surface area contributed by atoms with E-state index in [4.69, 9.17) is 5.84 Å². The number of rotatable bonds is 3. The Kier molecular flexibility index (Phi) is 3.22. The van der Waals surface area contributed by atoms with Gasteiger partial charge >= 0.3 is 0 Å². The van der Waals surface area contributed by atoms with Gasteiger partial charge in [0.15, 0.2) is 11.6 Å².